The smallest absolute Gasteiger partial charge is 0.141 e. The monoisotopic (exact) mass is 343 g/mol. The molecule has 0 bridgehead atoms. The molecule has 2 nitrogen and oxygen atoms in total. The van der Waals surface area contributed by atoms with Crippen LogP contribution in [0.25, 0.3) is 0 Å². The lowest BCUT2D eigenvalue weighted by Gasteiger charge is -2.36. The summed E-state index contributed by atoms with van der Waals surface area (Å²) in [6.07, 6.45) is 4.93. The van der Waals surface area contributed by atoms with Gasteiger partial charge in [0.2, 0.25) is 0 Å². The summed E-state index contributed by atoms with van der Waals surface area (Å²) in [5, 5.41) is 3.58. The highest BCUT2D eigenvalue weighted by Gasteiger charge is 2.39. The van der Waals surface area contributed by atoms with Crippen molar-refractivity contribution >= 4 is 15.9 Å². The van der Waals surface area contributed by atoms with Crippen LogP contribution in [0.2, 0.25) is 0 Å². The number of halogens is 2. The predicted molar refractivity (Wildman–Crippen MR) is 83.6 cm³/mol. The summed E-state index contributed by atoms with van der Waals surface area (Å²) < 4.78 is 19.6. The van der Waals surface area contributed by atoms with E-state index in [1.165, 1.54) is 31.7 Å². The highest BCUT2D eigenvalue weighted by atomic mass is 79.9. The van der Waals surface area contributed by atoms with Crippen molar-refractivity contribution in [2.75, 3.05) is 13.7 Å². The van der Waals surface area contributed by atoms with E-state index < -0.39 is 0 Å². The molecule has 1 aromatic carbocycles. The van der Waals surface area contributed by atoms with Crippen molar-refractivity contribution in [2.24, 2.45) is 5.41 Å². The van der Waals surface area contributed by atoms with E-state index in [-0.39, 0.29) is 17.3 Å². The van der Waals surface area contributed by atoms with Gasteiger partial charge in [-0.05, 0) is 46.8 Å². The van der Waals surface area contributed by atoms with Gasteiger partial charge < -0.3 is 10.1 Å². The molecule has 1 aliphatic rings. The molecule has 0 aliphatic heterocycles. The first-order valence-electron chi connectivity index (χ1n) is 7.28. The van der Waals surface area contributed by atoms with Gasteiger partial charge in [-0.1, -0.05) is 26.7 Å². The Morgan fingerprint density at radius 2 is 2.05 bits per heavy atom. The van der Waals surface area contributed by atoms with Crippen LogP contribution in [0.1, 0.15) is 51.1 Å². The van der Waals surface area contributed by atoms with Crippen molar-refractivity contribution in [1.82, 2.24) is 5.32 Å². The van der Waals surface area contributed by atoms with Gasteiger partial charge in [0.15, 0.2) is 0 Å². The minimum Gasteiger partial charge on any atom is -0.496 e. The summed E-state index contributed by atoms with van der Waals surface area (Å²) in [6, 6.07) is 3.54. The third-order valence-electron chi connectivity index (χ3n) is 4.43. The van der Waals surface area contributed by atoms with E-state index in [4.69, 9.17) is 4.74 Å². The average Bonchev–Trinajstić information content (AvgIpc) is 2.86. The van der Waals surface area contributed by atoms with Crippen LogP contribution >= 0.6 is 15.9 Å². The van der Waals surface area contributed by atoms with Crippen LogP contribution in [0.5, 0.6) is 5.75 Å². The van der Waals surface area contributed by atoms with Crippen molar-refractivity contribution in [2.45, 2.75) is 45.6 Å². The molecule has 0 heterocycles. The van der Waals surface area contributed by atoms with Gasteiger partial charge in [-0.15, -0.1) is 0 Å². The van der Waals surface area contributed by atoms with E-state index in [0.717, 1.165) is 12.1 Å². The molecule has 0 aromatic heterocycles. The van der Waals surface area contributed by atoms with E-state index in [2.05, 4.69) is 35.1 Å². The van der Waals surface area contributed by atoms with Crippen LogP contribution < -0.4 is 10.1 Å². The van der Waals surface area contributed by atoms with Gasteiger partial charge in [0.05, 0.1) is 11.6 Å². The molecule has 1 saturated carbocycles. The molecule has 1 unspecified atom stereocenters. The number of rotatable bonds is 5. The Bertz CT molecular complexity index is 472. The minimum absolute atomic E-state index is 0.196. The molecule has 1 N–H and O–H groups in total. The van der Waals surface area contributed by atoms with Crippen LogP contribution in [0.15, 0.2) is 16.6 Å². The fraction of sp³-hybridized carbons (Fsp3) is 0.625. The summed E-state index contributed by atoms with van der Waals surface area (Å²) in [7, 11) is 1.60. The van der Waals surface area contributed by atoms with Crippen molar-refractivity contribution in [3.05, 3.63) is 28.0 Å². The van der Waals surface area contributed by atoms with Crippen molar-refractivity contribution < 1.29 is 9.13 Å². The molecule has 20 heavy (non-hydrogen) atoms. The summed E-state index contributed by atoms with van der Waals surface area (Å²) in [6.45, 7) is 5.32. The number of methoxy groups -OCH3 is 1. The summed E-state index contributed by atoms with van der Waals surface area (Å²) in [4.78, 5) is 0. The lowest BCUT2D eigenvalue weighted by atomic mass is 9.77. The first kappa shape index (κ1) is 15.8. The Labute approximate surface area is 129 Å². The van der Waals surface area contributed by atoms with E-state index in [1.807, 2.05) is 6.07 Å². The van der Waals surface area contributed by atoms with E-state index in [0.29, 0.717) is 10.2 Å². The SMILES string of the molecule is CCNC(c1cc(Br)c(F)cc1OC)C1(C)CCCC1. The Kier molecular flexibility index (Phi) is 5.08. The first-order valence-corrected chi connectivity index (χ1v) is 8.07. The highest BCUT2D eigenvalue weighted by Crippen LogP contribution is 2.49. The maximum absolute atomic E-state index is 13.7. The summed E-state index contributed by atoms with van der Waals surface area (Å²) in [5.41, 5.74) is 1.26. The normalized spacial score (nSPS) is 19.1. The number of ether oxygens (including phenoxy) is 1. The van der Waals surface area contributed by atoms with Crippen LogP contribution in [0.4, 0.5) is 4.39 Å². The third kappa shape index (κ3) is 3.01. The summed E-state index contributed by atoms with van der Waals surface area (Å²) in [5.74, 6) is 0.349. The highest BCUT2D eigenvalue weighted by molar-refractivity contribution is 9.10. The van der Waals surface area contributed by atoms with Crippen molar-refractivity contribution in [3.63, 3.8) is 0 Å². The quantitative estimate of drug-likeness (QED) is 0.826. The molecule has 1 fully saturated rings. The Morgan fingerprint density at radius 1 is 1.40 bits per heavy atom. The third-order valence-corrected chi connectivity index (χ3v) is 5.04. The zero-order chi connectivity index (χ0) is 14.8. The molecule has 1 aliphatic carbocycles. The van der Waals surface area contributed by atoms with E-state index >= 15 is 0 Å². The van der Waals surface area contributed by atoms with Crippen molar-refractivity contribution in [3.8, 4) is 5.75 Å². The molecule has 0 radical (unpaired) electrons. The Morgan fingerprint density at radius 3 is 2.60 bits per heavy atom. The largest absolute Gasteiger partial charge is 0.496 e. The number of hydrogen-bond acceptors (Lipinski definition) is 2. The van der Waals surface area contributed by atoms with Crippen LogP contribution in [0, 0.1) is 11.2 Å². The Hall–Kier alpha value is -0.610. The molecule has 1 aromatic rings. The first-order chi connectivity index (χ1) is 9.51. The fourth-order valence-electron chi connectivity index (χ4n) is 3.35. The van der Waals surface area contributed by atoms with Gasteiger partial charge in [-0.2, -0.15) is 0 Å². The molecule has 1 atom stereocenters. The second kappa shape index (κ2) is 6.44. The van der Waals surface area contributed by atoms with Gasteiger partial charge >= 0.3 is 0 Å². The minimum atomic E-state index is -0.280. The van der Waals surface area contributed by atoms with Gasteiger partial charge in [0.1, 0.15) is 11.6 Å². The lowest BCUT2D eigenvalue weighted by Crippen LogP contribution is -2.34. The Balaban J connectivity index is 2.45. The van der Waals surface area contributed by atoms with Gasteiger partial charge in [0, 0.05) is 17.7 Å². The van der Waals surface area contributed by atoms with Crippen LogP contribution in [-0.2, 0) is 0 Å². The fourth-order valence-corrected chi connectivity index (χ4v) is 3.71. The second-order valence-corrected chi connectivity index (χ2v) is 6.71. The topological polar surface area (TPSA) is 21.3 Å². The zero-order valence-electron chi connectivity index (χ0n) is 12.4. The van der Waals surface area contributed by atoms with Crippen molar-refractivity contribution in [1.29, 1.82) is 0 Å². The zero-order valence-corrected chi connectivity index (χ0v) is 14.0. The average molecular weight is 344 g/mol. The molecule has 2 rings (SSSR count). The molecular formula is C16H23BrFNO. The van der Waals surface area contributed by atoms with Gasteiger partial charge in [-0.25, -0.2) is 4.39 Å². The molecule has 0 amide bonds. The van der Waals surface area contributed by atoms with Gasteiger partial charge in [0.25, 0.3) is 0 Å². The molecule has 4 heteroatoms. The maximum atomic E-state index is 13.7. The maximum Gasteiger partial charge on any atom is 0.141 e. The molecular weight excluding hydrogens is 321 g/mol. The number of nitrogens with one attached hydrogen (secondary N) is 1. The second-order valence-electron chi connectivity index (χ2n) is 5.86. The lowest BCUT2D eigenvalue weighted by molar-refractivity contribution is 0.221. The predicted octanol–water partition coefficient (Wildman–Crippen LogP) is 4.83. The van der Waals surface area contributed by atoms with Crippen LogP contribution in [-0.4, -0.2) is 13.7 Å². The standard InChI is InChI=1S/C16H23BrFNO/c1-4-19-15(16(2)7-5-6-8-16)11-9-12(17)13(18)10-14(11)20-3/h9-10,15,19H,4-8H2,1-3H3. The van der Waals surface area contributed by atoms with Crippen LogP contribution in [0.3, 0.4) is 0 Å². The number of benzene rings is 1. The van der Waals surface area contributed by atoms with E-state index in [9.17, 15) is 4.39 Å². The van der Waals surface area contributed by atoms with Gasteiger partial charge in [-0.3, -0.25) is 0 Å². The molecule has 0 saturated heterocycles. The molecule has 112 valence electrons. The molecule has 0 spiro atoms. The summed E-state index contributed by atoms with van der Waals surface area (Å²) >= 11 is 3.30. The van der Waals surface area contributed by atoms with E-state index in [1.54, 1.807) is 7.11 Å². The number of hydrogen-bond donors (Lipinski definition) is 1.